The van der Waals surface area contributed by atoms with Crippen LogP contribution in [-0.4, -0.2) is 42.0 Å². The summed E-state index contributed by atoms with van der Waals surface area (Å²) in [5.74, 6) is -0.454. The summed E-state index contributed by atoms with van der Waals surface area (Å²) in [6, 6.07) is 8.58. The number of carbonyl (C=O) groups excluding carboxylic acids is 3. The Morgan fingerprint density at radius 2 is 1.84 bits per heavy atom. The molecule has 1 saturated heterocycles. The maximum atomic E-state index is 13.3. The van der Waals surface area contributed by atoms with Gasteiger partial charge in [0.15, 0.2) is 11.5 Å². The van der Waals surface area contributed by atoms with E-state index in [0.717, 1.165) is 4.90 Å². The molecule has 0 spiro atoms. The van der Waals surface area contributed by atoms with E-state index in [1.807, 2.05) is 0 Å². The van der Waals surface area contributed by atoms with Crippen molar-refractivity contribution in [1.29, 1.82) is 0 Å². The molecule has 2 atom stereocenters. The van der Waals surface area contributed by atoms with E-state index in [1.54, 1.807) is 25.1 Å². The molecule has 162 valence electrons. The lowest BCUT2D eigenvalue weighted by Gasteiger charge is -2.27. The molecule has 4 amide bonds. The third-order valence-corrected chi connectivity index (χ3v) is 5.57. The fourth-order valence-electron chi connectivity index (χ4n) is 3.80. The Morgan fingerprint density at radius 3 is 2.52 bits per heavy atom. The minimum absolute atomic E-state index is 0.246. The number of hydrogen-bond acceptors (Lipinski definition) is 5. The topological polar surface area (TPSA) is 97.0 Å². The van der Waals surface area contributed by atoms with Crippen LogP contribution < -0.4 is 20.1 Å². The molecule has 2 aromatic rings. The van der Waals surface area contributed by atoms with E-state index in [-0.39, 0.29) is 6.42 Å². The van der Waals surface area contributed by atoms with Gasteiger partial charge in [0.25, 0.3) is 5.91 Å². The average molecular weight is 427 g/mol. The fourth-order valence-corrected chi connectivity index (χ4v) is 3.80. The summed E-state index contributed by atoms with van der Waals surface area (Å²) < 4.78 is 24.3. The highest BCUT2D eigenvalue weighted by Crippen LogP contribution is 2.35. The van der Waals surface area contributed by atoms with Gasteiger partial charge in [-0.3, -0.25) is 9.59 Å². The molecule has 2 heterocycles. The first-order valence-corrected chi connectivity index (χ1v) is 9.98. The Hall–Kier alpha value is -3.62. The highest BCUT2D eigenvalue weighted by Gasteiger charge is 2.53. The Labute approximate surface area is 178 Å². The third kappa shape index (κ3) is 3.56. The maximum absolute atomic E-state index is 13.3. The summed E-state index contributed by atoms with van der Waals surface area (Å²) in [6.07, 6.45) is 0.246. The SMILES string of the molecule is CC[C@@]1(c2ccc(F)cc2)NC(=O)N([C@@H](C)C(=O)Nc2ccc3c(c2)OCCO3)C1=O. The Morgan fingerprint density at radius 1 is 1.16 bits per heavy atom. The zero-order chi connectivity index (χ0) is 22.2. The number of fused-ring (bicyclic) bond motifs is 1. The average Bonchev–Trinajstić information content (AvgIpc) is 3.04. The van der Waals surface area contributed by atoms with E-state index in [0.29, 0.717) is 36.0 Å². The van der Waals surface area contributed by atoms with E-state index in [9.17, 15) is 18.8 Å². The molecule has 0 saturated carbocycles. The van der Waals surface area contributed by atoms with E-state index < -0.39 is 35.2 Å². The van der Waals surface area contributed by atoms with E-state index in [1.165, 1.54) is 31.2 Å². The number of carbonyl (C=O) groups is 3. The van der Waals surface area contributed by atoms with Crippen LogP contribution in [0, 0.1) is 5.82 Å². The van der Waals surface area contributed by atoms with Crippen molar-refractivity contribution in [1.82, 2.24) is 10.2 Å². The molecule has 8 nitrogen and oxygen atoms in total. The van der Waals surface area contributed by atoms with Gasteiger partial charge >= 0.3 is 6.03 Å². The standard InChI is InChI=1S/C22H22FN3O5/c1-3-22(14-4-6-15(23)7-5-14)20(28)26(21(29)25-22)13(2)19(27)24-16-8-9-17-18(12-16)31-11-10-30-17/h4-9,12-13H,3,10-11H2,1-2H3,(H,24,27)(H,25,29)/t13-,22-/m0/s1. The minimum Gasteiger partial charge on any atom is -0.486 e. The van der Waals surface area contributed by atoms with Gasteiger partial charge in [0, 0.05) is 11.8 Å². The maximum Gasteiger partial charge on any atom is 0.326 e. The zero-order valence-corrected chi connectivity index (χ0v) is 17.1. The lowest BCUT2D eigenvalue weighted by Crippen LogP contribution is -2.47. The molecule has 0 bridgehead atoms. The van der Waals surface area contributed by atoms with Crippen LogP contribution in [0.4, 0.5) is 14.9 Å². The molecule has 2 aromatic carbocycles. The molecular weight excluding hydrogens is 405 g/mol. The molecule has 2 aliphatic heterocycles. The summed E-state index contributed by atoms with van der Waals surface area (Å²) in [4.78, 5) is 39.7. The Bertz CT molecular complexity index is 1040. The van der Waals surface area contributed by atoms with Gasteiger partial charge in [0.1, 0.15) is 30.6 Å². The number of nitrogens with zero attached hydrogens (tertiary/aromatic N) is 1. The normalized spacial score (nSPS) is 20.9. The van der Waals surface area contributed by atoms with Crippen molar-refractivity contribution in [3.8, 4) is 11.5 Å². The third-order valence-electron chi connectivity index (χ3n) is 5.57. The van der Waals surface area contributed by atoms with Crippen molar-refractivity contribution in [2.24, 2.45) is 0 Å². The first kappa shape index (κ1) is 20.6. The van der Waals surface area contributed by atoms with Crippen LogP contribution in [0.5, 0.6) is 11.5 Å². The summed E-state index contributed by atoms with van der Waals surface area (Å²) in [6.45, 7) is 4.08. The number of amides is 4. The van der Waals surface area contributed by atoms with Crippen molar-refractivity contribution in [2.45, 2.75) is 31.8 Å². The zero-order valence-electron chi connectivity index (χ0n) is 17.1. The van der Waals surface area contributed by atoms with Crippen LogP contribution in [0.2, 0.25) is 0 Å². The van der Waals surface area contributed by atoms with Crippen molar-refractivity contribution >= 4 is 23.5 Å². The largest absolute Gasteiger partial charge is 0.486 e. The fraction of sp³-hybridized carbons (Fsp3) is 0.318. The van der Waals surface area contributed by atoms with E-state index >= 15 is 0 Å². The van der Waals surface area contributed by atoms with Gasteiger partial charge in [-0.25, -0.2) is 14.1 Å². The smallest absolute Gasteiger partial charge is 0.326 e. The van der Waals surface area contributed by atoms with Crippen LogP contribution in [0.1, 0.15) is 25.8 Å². The molecule has 2 N–H and O–H groups in total. The first-order chi connectivity index (χ1) is 14.9. The van der Waals surface area contributed by atoms with Gasteiger partial charge in [0.2, 0.25) is 5.91 Å². The molecule has 0 unspecified atom stereocenters. The predicted octanol–water partition coefficient (Wildman–Crippen LogP) is 2.78. The Kier molecular flexibility index (Phi) is 5.26. The lowest BCUT2D eigenvalue weighted by molar-refractivity contribution is -0.136. The van der Waals surface area contributed by atoms with Crippen LogP contribution in [-0.2, 0) is 15.1 Å². The van der Waals surface area contributed by atoms with Crippen LogP contribution in [0.15, 0.2) is 42.5 Å². The number of ether oxygens (including phenoxy) is 2. The first-order valence-electron chi connectivity index (χ1n) is 9.98. The number of rotatable bonds is 5. The van der Waals surface area contributed by atoms with Crippen LogP contribution in [0.25, 0.3) is 0 Å². The van der Waals surface area contributed by atoms with Gasteiger partial charge in [-0.05, 0) is 43.2 Å². The molecule has 1 fully saturated rings. The van der Waals surface area contributed by atoms with Gasteiger partial charge < -0.3 is 20.1 Å². The van der Waals surface area contributed by atoms with Crippen molar-refractivity contribution in [3.63, 3.8) is 0 Å². The molecule has 0 radical (unpaired) electrons. The Balaban J connectivity index is 1.54. The second-order valence-corrected chi connectivity index (χ2v) is 7.39. The highest BCUT2D eigenvalue weighted by atomic mass is 19.1. The second kappa shape index (κ2) is 7.90. The number of anilines is 1. The lowest BCUT2D eigenvalue weighted by atomic mass is 9.87. The number of urea groups is 1. The van der Waals surface area contributed by atoms with E-state index in [4.69, 9.17) is 9.47 Å². The van der Waals surface area contributed by atoms with E-state index in [2.05, 4.69) is 10.6 Å². The van der Waals surface area contributed by atoms with Crippen molar-refractivity contribution in [2.75, 3.05) is 18.5 Å². The molecule has 0 aliphatic carbocycles. The quantitative estimate of drug-likeness (QED) is 0.716. The van der Waals surface area contributed by atoms with Crippen LogP contribution >= 0.6 is 0 Å². The number of hydrogen-bond donors (Lipinski definition) is 2. The molecule has 2 aliphatic rings. The molecule has 0 aromatic heterocycles. The summed E-state index contributed by atoms with van der Waals surface area (Å²) in [5, 5.41) is 5.40. The second-order valence-electron chi connectivity index (χ2n) is 7.39. The predicted molar refractivity (Wildman–Crippen MR) is 109 cm³/mol. The monoisotopic (exact) mass is 427 g/mol. The number of halogens is 1. The van der Waals surface area contributed by atoms with Crippen LogP contribution in [0.3, 0.4) is 0 Å². The summed E-state index contributed by atoms with van der Waals surface area (Å²) in [7, 11) is 0. The minimum atomic E-state index is -1.35. The molecule has 31 heavy (non-hydrogen) atoms. The van der Waals surface area contributed by atoms with Gasteiger partial charge in [0.05, 0.1) is 0 Å². The van der Waals surface area contributed by atoms with Crippen molar-refractivity contribution < 1.29 is 28.2 Å². The number of nitrogens with one attached hydrogen (secondary N) is 2. The van der Waals surface area contributed by atoms with Gasteiger partial charge in [-0.15, -0.1) is 0 Å². The summed E-state index contributed by atoms with van der Waals surface area (Å²) in [5.41, 5.74) is -0.443. The highest BCUT2D eigenvalue weighted by molar-refractivity contribution is 6.11. The molecule has 4 rings (SSSR count). The molecular formula is C22H22FN3O5. The van der Waals surface area contributed by atoms with Gasteiger partial charge in [-0.1, -0.05) is 19.1 Å². The number of imide groups is 1. The number of benzene rings is 2. The molecule has 9 heteroatoms. The summed E-state index contributed by atoms with van der Waals surface area (Å²) >= 11 is 0. The van der Waals surface area contributed by atoms with Crippen molar-refractivity contribution in [3.05, 3.63) is 53.8 Å². The van der Waals surface area contributed by atoms with Gasteiger partial charge in [-0.2, -0.15) is 0 Å².